The van der Waals surface area contributed by atoms with Crippen molar-refractivity contribution in [2.45, 2.75) is 45.3 Å². The fraction of sp³-hybridized carbons (Fsp3) is 0.435. The van der Waals surface area contributed by atoms with Crippen LogP contribution in [0.3, 0.4) is 0 Å². The summed E-state index contributed by atoms with van der Waals surface area (Å²) in [6, 6.07) is 14.7. The minimum Gasteiger partial charge on any atom is -0.494 e. The van der Waals surface area contributed by atoms with E-state index in [1.54, 1.807) is 35.5 Å². The van der Waals surface area contributed by atoms with Gasteiger partial charge in [0.1, 0.15) is 11.5 Å². The zero-order valence-electron chi connectivity index (χ0n) is 18.9. The number of hydrogen-bond acceptors (Lipinski definition) is 6. The van der Waals surface area contributed by atoms with E-state index in [4.69, 9.17) is 13.7 Å². The number of ether oxygens (including phenoxy) is 2. The Morgan fingerprint density at radius 2 is 1.68 bits per heavy atom. The molecule has 7 nitrogen and oxygen atoms in total. The van der Waals surface area contributed by atoms with Gasteiger partial charge in [-0.1, -0.05) is 18.2 Å². The van der Waals surface area contributed by atoms with Crippen LogP contribution in [0.4, 0.5) is 5.69 Å². The van der Waals surface area contributed by atoms with E-state index >= 15 is 0 Å². The van der Waals surface area contributed by atoms with Crippen molar-refractivity contribution in [3.8, 4) is 11.5 Å². The minimum atomic E-state index is -1.97. The molecule has 0 aliphatic carbocycles. The van der Waals surface area contributed by atoms with Gasteiger partial charge in [-0.25, -0.2) is 4.79 Å². The van der Waals surface area contributed by atoms with E-state index in [9.17, 15) is 9.00 Å². The minimum absolute atomic E-state index is 0.249. The van der Waals surface area contributed by atoms with E-state index in [2.05, 4.69) is 0 Å². The maximum atomic E-state index is 13.5. The second kappa shape index (κ2) is 8.88. The summed E-state index contributed by atoms with van der Waals surface area (Å²) < 4.78 is 31.5. The van der Waals surface area contributed by atoms with Crippen LogP contribution in [0.5, 0.6) is 11.5 Å². The Bertz CT molecular complexity index is 963. The monoisotopic (exact) mass is 446 g/mol. The van der Waals surface area contributed by atoms with E-state index < -0.39 is 28.3 Å². The average molecular weight is 447 g/mol. The number of rotatable bonds is 6. The molecule has 0 amide bonds. The molecule has 0 N–H and O–H groups in total. The van der Waals surface area contributed by atoms with Gasteiger partial charge in [0.2, 0.25) is 0 Å². The highest BCUT2D eigenvalue weighted by Crippen LogP contribution is 2.43. The lowest BCUT2D eigenvalue weighted by atomic mass is 9.79. The van der Waals surface area contributed by atoms with Crippen molar-refractivity contribution in [3.05, 3.63) is 54.1 Å². The number of carbonyl (C=O) groups is 1. The molecule has 31 heavy (non-hydrogen) atoms. The summed E-state index contributed by atoms with van der Waals surface area (Å²) in [6.45, 7) is 8.34. The number of methoxy groups -OCH3 is 1. The molecule has 0 saturated carbocycles. The SMILES string of the molecule is CCOc1ccc(OS(=O)N2Cc3ccccc3N(C)C(C)(C)C2(C)C(=O)OC)cc1. The highest BCUT2D eigenvalue weighted by Gasteiger charge is 2.59. The van der Waals surface area contributed by atoms with Crippen LogP contribution in [0.1, 0.15) is 33.3 Å². The molecule has 0 spiro atoms. The standard InChI is InChI=1S/C23H30N2O5S/c1-7-29-18-12-14-19(15-13-18)30-31(27)25-16-17-10-8-9-11-20(17)24(5)22(2,3)23(25,4)21(26)28-6/h8-15H,7,16H2,1-6H3. The van der Waals surface area contributed by atoms with Crippen LogP contribution in [0.15, 0.2) is 48.5 Å². The van der Waals surface area contributed by atoms with Gasteiger partial charge in [-0.15, -0.1) is 0 Å². The predicted molar refractivity (Wildman–Crippen MR) is 121 cm³/mol. The lowest BCUT2D eigenvalue weighted by molar-refractivity contribution is -0.155. The Morgan fingerprint density at radius 1 is 1.06 bits per heavy atom. The van der Waals surface area contributed by atoms with Gasteiger partial charge in [-0.3, -0.25) is 0 Å². The van der Waals surface area contributed by atoms with Gasteiger partial charge in [-0.05, 0) is 63.6 Å². The molecular formula is C23H30N2O5S. The summed E-state index contributed by atoms with van der Waals surface area (Å²) in [5.74, 6) is 0.630. The highest BCUT2D eigenvalue weighted by molar-refractivity contribution is 7.78. The zero-order chi connectivity index (χ0) is 22.8. The molecule has 0 saturated heterocycles. The summed E-state index contributed by atoms with van der Waals surface area (Å²) in [6.07, 6.45) is 0. The van der Waals surface area contributed by atoms with Crippen LogP contribution in [0, 0.1) is 0 Å². The van der Waals surface area contributed by atoms with Crippen molar-refractivity contribution >= 4 is 22.9 Å². The van der Waals surface area contributed by atoms with Crippen LogP contribution >= 0.6 is 0 Å². The van der Waals surface area contributed by atoms with Crippen molar-refractivity contribution in [1.82, 2.24) is 4.31 Å². The second-order valence-corrected chi connectivity index (χ2v) is 9.09. The molecule has 1 aliphatic heterocycles. The summed E-state index contributed by atoms with van der Waals surface area (Å²) in [4.78, 5) is 15.2. The number of carbonyl (C=O) groups excluding carboxylic acids is 1. The number of nitrogens with zero attached hydrogens (tertiary/aromatic N) is 2. The van der Waals surface area contributed by atoms with Crippen LogP contribution in [-0.4, -0.2) is 46.3 Å². The molecule has 2 aromatic carbocycles. The first-order chi connectivity index (χ1) is 14.7. The quantitative estimate of drug-likeness (QED) is 0.630. The topological polar surface area (TPSA) is 68.3 Å². The molecule has 0 radical (unpaired) electrons. The van der Waals surface area contributed by atoms with Gasteiger partial charge in [0.15, 0.2) is 5.54 Å². The number of esters is 1. The van der Waals surface area contributed by atoms with Crippen LogP contribution in [0.2, 0.25) is 0 Å². The Balaban J connectivity index is 2.03. The summed E-state index contributed by atoms with van der Waals surface area (Å²) in [5.41, 5.74) is -0.145. The van der Waals surface area contributed by atoms with E-state index in [1.165, 1.54) is 7.11 Å². The third-order valence-electron chi connectivity index (χ3n) is 6.26. The lowest BCUT2D eigenvalue weighted by Gasteiger charge is -2.49. The van der Waals surface area contributed by atoms with Crippen molar-refractivity contribution < 1.29 is 22.7 Å². The Hall–Kier alpha value is -2.58. The molecule has 2 aromatic rings. The molecule has 2 unspecified atom stereocenters. The highest BCUT2D eigenvalue weighted by atomic mass is 32.2. The van der Waals surface area contributed by atoms with Gasteiger partial charge in [0.05, 0.1) is 19.3 Å². The first-order valence-electron chi connectivity index (χ1n) is 10.2. The van der Waals surface area contributed by atoms with Crippen LogP contribution < -0.4 is 13.8 Å². The Morgan fingerprint density at radius 3 is 2.29 bits per heavy atom. The van der Waals surface area contributed by atoms with Crippen molar-refractivity contribution in [3.63, 3.8) is 0 Å². The largest absolute Gasteiger partial charge is 0.494 e. The molecule has 3 rings (SSSR count). The Kier molecular flexibility index (Phi) is 6.62. The number of para-hydroxylation sites is 1. The van der Waals surface area contributed by atoms with Crippen molar-refractivity contribution in [1.29, 1.82) is 0 Å². The van der Waals surface area contributed by atoms with Gasteiger partial charge < -0.3 is 18.6 Å². The summed E-state index contributed by atoms with van der Waals surface area (Å²) >= 11 is -1.97. The molecule has 1 aliphatic rings. The second-order valence-electron chi connectivity index (χ2n) is 8.05. The maximum Gasteiger partial charge on any atom is 0.329 e. The molecule has 0 bridgehead atoms. The first kappa shape index (κ1) is 23.1. The molecule has 168 valence electrons. The number of anilines is 1. The maximum absolute atomic E-state index is 13.5. The van der Waals surface area contributed by atoms with Crippen LogP contribution in [-0.2, 0) is 27.3 Å². The van der Waals surface area contributed by atoms with Gasteiger partial charge in [-0.2, -0.15) is 8.51 Å². The number of benzene rings is 2. The molecule has 0 aromatic heterocycles. The Labute approximate surface area is 186 Å². The van der Waals surface area contributed by atoms with Crippen LogP contribution in [0.25, 0.3) is 0 Å². The molecule has 0 fully saturated rings. The van der Waals surface area contributed by atoms with Gasteiger partial charge in [0.25, 0.3) is 11.3 Å². The number of fused-ring (bicyclic) bond motifs is 1. The molecule has 8 heteroatoms. The normalized spacial score (nSPS) is 21.5. The van der Waals surface area contributed by atoms with E-state index in [0.717, 1.165) is 11.3 Å². The summed E-state index contributed by atoms with van der Waals surface area (Å²) in [7, 11) is 3.27. The predicted octanol–water partition coefficient (Wildman–Crippen LogP) is 3.71. The fourth-order valence-corrected chi connectivity index (χ4v) is 5.06. The van der Waals surface area contributed by atoms with E-state index in [-0.39, 0.29) is 6.54 Å². The van der Waals surface area contributed by atoms with Gasteiger partial charge >= 0.3 is 5.97 Å². The van der Waals surface area contributed by atoms with Crippen molar-refractivity contribution in [2.24, 2.45) is 0 Å². The molecule has 2 atom stereocenters. The average Bonchev–Trinajstić information content (AvgIpc) is 2.83. The zero-order valence-corrected chi connectivity index (χ0v) is 19.7. The van der Waals surface area contributed by atoms with E-state index in [1.807, 2.05) is 57.0 Å². The fourth-order valence-electron chi connectivity index (χ4n) is 3.85. The third kappa shape index (κ3) is 4.02. The lowest BCUT2D eigenvalue weighted by Crippen LogP contribution is -2.69. The smallest absolute Gasteiger partial charge is 0.329 e. The first-order valence-corrected chi connectivity index (χ1v) is 11.2. The molecular weight excluding hydrogens is 416 g/mol. The third-order valence-corrected chi connectivity index (χ3v) is 7.45. The van der Waals surface area contributed by atoms with E-state index in [0.29, 0.717) is 18.1 Å². The van der Waals surface area contributed by atoms with Gasteiger partial charge in [0, 0.05) is 19.3 Å². The number of hydrogen-bond donors (Lipinski definition) is 0. The summed E-state index contributed by atoms with van der Waals surface area (Å²) in [5, 5.41) is 0. The number of likely N-dealkylation sites (N-methyl/N-ethyl adjacent to an activating group) is 1. The molecule has 1 heterocycles. The van der Waals surface area contributed by atoms with Crippen molar-refractivity contribution in [2.75, 3.05) is 25.7 Å².